The van der Waals surface area contributed by atoms with E-state index in [1.807, 2.05) is 24.3 Å². The molecular formula is C27H28O4. The van der Waals surface area contributed by atoms with Crippen LogP contribution in [0, 0.1) is 0 Å². The van der Waals surface area contributed by atoms with Crippen molar-refractivity contribution in [3.05, 3.63) is 84.9 Å². The van der Waals surface area contributed by atoms with E-state index in [9.17, 15) is 9.90 Å². The summed E-state index contributed by atoms with van der Waals surface area (Å²) in [6.45, 7) is 6.26. The van der Waals surface area contributed by atoms with Crippen molar-refractivity contribution in [1.82, 2.24) is 0 Å². The third kappa shape index (κ3) is 6.75. The van der Waals surface area contributed by atoms with E-state index in [0.29, 0.717) is 18.8 Å². The summed E-state index contributed by atoms with van der Waals surface area (Å²) >= 11 is 0. The van der Waals surface area contributed by atoms with Gasteiger partial charge in [0.2, 0.25) is 0 Å². The molecule has 3 aromatic carbocycles. The first kappa shape index (κ1) is 22.2. The number of esters is 1. The van der Waals surface area contributed by atoms with Crippen molar-refractivity contribution in [2.75, 3.05) is 13.2 Å². The fourth-order valence-electron chi connectivity index (χ4n) is 3.11. The van der Waals surface area contributed by atoms with Gasteiger partial charge in [0, 0.05) is 5.57 Å². The number of hydrogen-bond acceptors (Lipinski definition) is 4. The SMILES string of the molecule is C=C(C)C(=O)OCCCCCOc1ccc(-c2ccc(-c3ccc(O)cc3)cc2)cc1. The molecule has 0 saturated heterocycles. The van der Waals surface area contributed by atoms with Crippen LogP contribution in [-0.2, 0) is 9.53 Å². The molecule has 0 aliphatic heterocycles. The Morgan fingerprint density at radius 1 is 0.742 bits per heavy atom. The van der Waals surface area contributed by atoms with Crippen LogP contribution in [0.3, 0.4) is 0 Å². The predicted molar refractivity (Wildman–Crippen MR) is 124 cm³/mol. The number of carbonyl (C=O) groups excluding carboxylic acids is 1. The molecule has 4 heteroatoms. The molecule has 31 heavy (non-hydrogen) atoms. The van der Waals surface area contributed by atoms with Crippen LogP contribution in [0.15, 0.2) is 84.9 Å². The van der Waals surface area contributed by atoms with E-state index in [-0.39, 0.29) is 11.7 Å². The van der Waals surface area contributed by atoms with Crippen LogP contribution in [0.5, 0.6) is 11.5 Å². The zero-order chi connectivity index (χ0) is 22.1. The van der Waals surface area contributed by atoms with E-state index in [1.54, 1.807) is 19.1 Å². The topological polar surface area (TPSA) is 55.8 Å². The Hall–Kier alpha value is -3.53. The van der Waals surface area contributed by atoms with Gasteiger partial charge in [0.05, 0.1) is 13.2 Å². The first-order valence-electron chi connectivity index (χ1n) is 10.5. The van der Waals surface area contributed by atoms with Gasteiger partial charge in [-0.25, -0.2) is 4.79 Å². The van der Waals surface area contributed by atoms with Crippen LogP contribution in [0.1, 0.15) is 26.2 Å². The van der Waals surface area contributed by atoms with E-state index in [0.717, 1.165) is 47.3 Å². The van der Waals surface area contributed by atoms with Crippen LogP contribution in [-0.4, -0.2) is 24.3 Å². The van der Waals surface area contributed by atoms with E-state index in [2.05, 4.69) is 43.0 Å². The number of hydrogen-bond donors (Lipinski definition) is 1. The quantitative estimate of drug-likeness (QED) is 0.236. The monoisotopic (exact) mass is 416 g/mol. The molecule has 0 atom stereocenters. The Balaban J connectivity index is 1.43. The zero-order valence-electron chi connectivity index (χ0n) is 17.8. The lowest BCUT2D eigenvalue weighted by atomic mass is 10.0. The minimum atomic E-state index is -0.327. The minimum absolute atomic E-state index is 0.270. The van der Waals surface area contributed by atoms with Crippen LogP contribution < -0.4 is 4.74 Å². The van der Waals surface area contributed by atoms with E-state index >= 15 is 0 Å². The zero-order valence-corrected chi connectivity index (χ0v) is 17.8. The van der Waals surface area contributed by atoms with Crippen LogP contribution >= 0.6 is 0 Å². The van der Waals surface area contributed by atoms with Crippen molar-refractivity contribution in [1.29, 1.82) is 0 Å². The Morgan fingerprint density at radius 2 is 1.19 bits per heavy atom. The number of carbonyl (C=O) groups is 1. The number of unbranched alkanes of at least 4 members (excludes halogenated alkanes) is 2. The molecule has 0 bridgehead atoms. The van der Waals surface area contributed by atoms with Crippen molar-refractivity contribution in [2.45, 2.75) is 26.2 Å². The highest BCUT2D eigenvalue weighted by Gasteiger charge is 2.03. The maximum atomic E-state index is 11.3. The Bertz CT molecular complexity index is 987. The number of phenols is 1. The normalized spacial score (nSPS) is 10.5. The summed E-state index contributed by atoms with van der Waals surface area (Å²) in [5, 5.41) is 9.43. The van der Waals surface area contributed by atoms with Gasteiger partial charge in [-0.1, -0.05) is 55.1 Å². The highest BCUT2D eigenvalue weighted by atomic mass is 16.5. The van der Waals surface area contributed by atoms with Crippen LogP contribution in [0.2, 0.25) is 0 Å². The van der Waals surface area contributed by atoms with Gasteiger partial charge < -0.3 is 14.6 Å². The average molecular weight is 417 g/mol. The predicted octanol–water partition coefficient (Wildman–Crippen LogP) is 6.39. The third-order valence-electron chi connectivity index (χ3n) is 4.91. The molecule has 4 nitrogen and oxygen atoms in total. The van der Waals surface area contributed by atoms with Crippen molar-refractivity contribution < 1.29 is 19.4 Å². The summed E-state index contributed by atoms with van der Waals surface area (Å²) in [6.07, 6.45) is 2.67. The number of aromatic hydroxyl groups is 1. The second-order valence-corrected chi connectivity index (χ2v) is 7.47. The fourth-order valence-corrected chi connectivity index (χ4v) is 3.11. The first-order valence-corrected chi connectivity index (χ1v) is 10.5. The van der Waals surface area contributed by atoms with E-state index in [4.69, 9.17) is 9.47 Å². The molecule has 0 aliphatic carbocycles. The summed E-state index contributed by atoms with van der Waals surface area (Å²) in [5.74, 6) is 0.788. The van der Waals surface area contributed by atoms with Crippen molar-refractivity contribution in [2.24, 2.45) is 0 Å². The molecule has 3 rings (SSSR count). The second-order valence-electron chi connectivity index (χ2n) is 7.47. The lowest BCUT2D eigenvalue weighted by Gasteiger charge is -2.09. The first-order chi connectivity index (χ1) is 15.0. The van der Waals surface area contributed by atoms with Gasteiger partial charge in [0.25, 0.3) is 0 Å². The van der Waals surface area contributed by atoms with E-state index < -0.39 is 0 Å². The highest BCUT2D eigenvalue weighted by molar-refractivity contribution is 5.86. The summed E-state index contributed by atoms with van der Waals surface area (Å²) < 4.78 is 10.9. The summed E-state index contributed by atoms with van der Waals surface area (Å²) in [6, 6.07) is 23.6. The Labute approximate surface area is 183 Å². The van der Waals surface area contributed by atoms with Gasteiger partial charge in [-0.05, 0) is 72.7 Å². The average Bonchev–Trinajstić information content (AvgIpc) is 2.79. The lowest BCUT2D eigenvalue weighted by Crippen LogP contribution is -2.06. The van der Waals surface area contributed by atoms with Crippen molar-refractivity contribution in [3.63, 3.8) is 0 Å². The van der Waals surface area contributed by atoms with Gasteiger partial charge in [-0.15, -0.1) is 0 Å². The standard InChI is InChI=1S/C27H28O4/c1-20(2)27(29)31-19-5-3-4-18-30-26-16-12-24(13-17-26)22-8-6-21(7-9-22)23-10-14-25(28)15-11-23/h6-17,28H,1,3-5,18-19H2,2H3. The van der Waals surface area contributed by atoms with Crippen LogP contribution in [0.25, 0.3) is 22.3 Å². The van der Waals surface area contributed by atoms with Gasteiger partial charge in [-0.2, -0.15) is 0 Å². The molecule has 0 amide bonds. The largest absolute Gasteiger partial charge is 0.508 e. The third-order valence-corrected chi connectivity index (χ3v) is 4.91. The summed E-state index contributed by atoms with van der Waals surface area (Å²) in [4.78, 5) is 11.3. The molecule has 0 radical (unpaired) electrons. The summed E-state index contributed by atoms with van der Waals surface area (Å²) in [5.41, 5.74) is 4.88. The number of ether oxygens (including phenoxy) is 2. The molecule has 0 unspecified atom stereocenters. The fraction of sp³-hybridized carbons (Fsp3) is 0.222. The van der Waals surface area contributed by atoms with Gasteiger partial charge in [-0.3, -0.25) is 0 Å². The number of benzene rings is 3. The van der Waals surface area contributed by atoms with Gasteiger partial charge in [0.1, 0.15) is 11.5 Å². The molecule has 0 heterocycles. The number of phenolic OH excluding ortho intramolecular Hbond substituents is 1. The molecule has 0 spiro atoms. The van der Waals surface area contributed by atoms with E-state index in [1.165, 1.54) is 0 Å². The number of rotatable bonds is 10. The lowest BCUT2D eigenvalue weighted by molar-refractivity contribution is -0.139. The molecule has 160 valence electrons. The Kier molecular flexibility index (Phi) is 7.88. The molecule has 0 aromatic heterocycles. The molecular weight excluding hydrogens is 388 g/mol. The maximum absolute atomic E-state index is 11.3. The molecule has 1 N–H and O–H groups in total. The molecule has 0 aliphatic rings. The molecule has 0 saturated carbocycles. The summed E-state index contributed by atoms with van der Waals surface area (Å²) in [7, 11) is 0. The molecule has 3 aromatic rings. The van der Waals surface area contributed by atoms with Gasteiger partial charge in [0.15, 0.2) is 0 Å². The highest BCUT2D eigenvalue weighted by Crippen LogP contribution is 2.27. The van der Waals surface area contributed by atoms with Crippen molar-refractivity contribution >= 4 is 5.97 Å². The maximum Gasteiger partial charge on any atom is 0.333 e. The minimum Gasteiger partial charge on any atom is -0.508 e. The second kappa shape index (κ2) is 11.0. The van der Waals surface area contributed by atoms with Crippen molar-refractivity contribution in [3.8, 4) is 33.8 Å². The van der Waals surface area contributed by atoms with Gasteiger partial charge >= 0.3 is 5.97 Å². The smallest absolute Gasteiger partial charge is 0.333 e. The molecule has 0 fully saturated rings. The van der Waals surface area contributed by atoms with Crippen LogP contribution in [0.4, 0.5) is 0 Å². The Morgan fingerprint density at radius 3 is 1.71 bits per heavy atom.